The Hall–Kier alpha value is -3.02. The van der Waals surface area contributed by atoms with Crippen LogP contribution in [0.15, 0.2) is 53.1 Å². The molecule has 0 aliphatic rings. The van der Waals surface area contributed by atoms with Gasteiger partial charge in [0, 0.05) is 12.6 Å². The van der Waals surface area contributed by atoms with Crippen molar-refractivity contribution in [3.8, 4) is 11.4 Å². The van der Waals surface area contributed by atoms with Gasteiger partial charge in [-0.1, -0.05) is 62.3 Å². The van der Waals surface area contributed by atoms with Gasteiger partial charge in [0.05, 0.1) is 13.0 Å². The van der Waals surface area contributed by atoms with Gasteiger partial charge >= 0.3 is 0 Å². The minimum Gasteiger partial charge on any atom is -0.337 e. The number of likely N-dealkylation sites (N-methyl/N-ethyl adjacent to an activating group) is 1. The third-order valence-corrected chi connectivity index (χ3v) is 4.54. The van der Waals surface area contributed by atoms with Crippen LogP contribution >= 0.6 is 0 Å². The number of benzene rings is 2. The van der Waals surface area contributed by atoms with Gasteiger partial charge in [0.2, 0.25) is 17.6 Å². The molecule has 0 saturated carbocycles. The minimum absolute atomic E-state index is 0.0779. The Morgan fingerprint density at radius 2 is 1.71 bits per heavy atom. The highest BCUT2D eigenvalue weighted by Crippen LogP contribution is 2.25. The predicted molar refractivity (Wildman–Crippen MR) is 105 cm³/mol. The molecule has 3 rings (SSSR count). The molecule has 0 unspecified atom stereocenters. The largest absolute Gasteiger partial charge is 0.337 e. The summed E-state index contributed by atoms with van der Waals surface area (Å²) in [5, 5.41) is 4.02. The van der Waals surface area contributed by atoms with Gasteiger partial charge in [0.25, 0.3) is 0 Å². The van der Waals surface area contributed by atoms with E-state index in [1.165, 1.54) is 22.6 Å². The number of carbonyl (C=O) groups excluding carboxylic acids is 1. The molecule has 1 aromatic heterocycles. The Kier molecular flexibility index (Phi) is 5.58. The summed E-state index contributed by atoms with van der Waals surface area (Å²) in [5.74, 6) is 0.430. The third kappa shape index (κ3) is 4.82. The highest BCUT2D eigenvalue weighted by molar-refractivity contribution is 5.78. The first-order valence-electron chi connectivity index (χ1n) is 9.14. The maximum absolute atomic E-state index is 13.0. The van der Waals surface area contributed by atoms with Crippen LogP contribution in [0.2, 0.25) is 0 Å². The van der Waals surface area contributed by atoms with Crippen molar-refractivity contribution in [1.82, 2.24) is 15.0 Å². The molecular formula is C22H24FN3O2. The first kappa shape index (κ1) is 19.7. The van der Waals surface area contributed by atoms with Crippen LogP contribution in [0.5, 0.6) is 0 Å². The molecule has 3 aromatic rings. The highest BCUT2D eigenvalue weighted by Gasteiger charge is 2.17. The zero-order chi connectivity index (χ0) is 20.3. The lowest BCUT2D eigenvalue weighted by Gasteiger charge is -2.18. The van der Waals surface area contributed by atoms with E-state index >= 15 is 0 Å². The van der Waals surface area contributed by atoms with Crippen LogP contribution in [-0.2, 0) is 23.2 Å². The predicted octanol–water partition coefficient (Wildman–Crippen LogP) is 4.37. The van der Waals surface area contributed by atoms with E-state index in [4.69, 9.17) is 4.52 Å². The number of rotatable bonds is 5. The number of aromatic nitrogens is 2. The molecule has 6 heteroatoms. The molecule has 0 radical (unpaired) electrons. The van der Waals surface area contributed by atoms with Crippen LogP contribution in [0.1, 0.15) is 37.8 Å². The first-order chi connectivity index (χ1) is 13.2. The van der Waals surface area contributed by atoms with E-state index < -0.39 is 0 Å². The van der Waals surface area contributed by atoms with Gasteiger partial charge < -0.3 is 9.42 Å². The van der Waals surface area contributed by atoms with E-state index in [2.05, 4.69) is 43.0 Å². The Bertz CT molecular complexity index is 941. The fourth-order valence-corrected chi connectivity index (χ4v) is 2.76. The van der Waals surface area contributed by atoms with Crippen LogP contribution < -0.4 is 0 Å². The molecule has 0 aliphatic carbocycles. The number of nitrogens with zero attached hydrogens (tertiary/aromatic N) is 3. The molecule has 0 fully saturated rings. The summed E-state index contributed by atoms with van der Waals surface area (Å²) in [6, 6.07) is 14.0. The quantitative estimate of drug-likeness (QED) is 0.658. The second-order valence-electron chi connectivity index (χ2n) is 7.89. The third-order valence-electron chi connectivity index (χ3n) is 4.54. The zero-order valence-electron chi connectivity index (χ0n) is 16.6. The maximum atomic E-state index is 13.0. The van der Waals surface area contributed by atoms with Crippen LogP contribution in [-0.4, -0.2) is 28.0 Å². The molecule has 0 aliphatic heterocycles. The number of hydrogen-bond donors (Lipinski definition) is 0. The molecule has 0 saturated heterocycles. The second-order valence-corrected chi connectivity index (χ2v) is 7.89. The van der Waals surface area contributed by atoms with Gasteiger partial charge in [0.15, 0.2) is 0 Å². The van der Waals surface area contributed by atoms with Gasteiger partial charge in [-0.05, 0) is 28.7 Å². The average molecular weight is 381 g/mol. The van der Waals surface area contributed by atoms with Crippen molar-refractivity contribution in [1.29, 1.82) is 0 Å². The molecule has 5 nitrogen and oxygen atoms in total. The zero-order valence-corrected chi connectivity index (χ0v) is 16.6. The van der Waals surface area contributed by atoms with E-state index in [1.807, 2.05) is 12.1 Å². The topological polar surface area (TPSA) is 59.2 Å². The van der Waals surface area contributed by atoms with Crippen molar-refractivity contribution in [3.63, 3.8) is 0 Å². The molecule has 0 N–H and O–H groups in total. The fraction of sp³-hybridized carbons (Fsp3) is 0.318. The summed E-state index contributed by atoms with van der Waals surface area (Å²) < 4.78 is 18.3. The van der Waals surface area contributed by atoms with Gasteiger partial charge in [-0.3, -0.25) is 4.79 Å². The van der Waals surface area contributed by atoms with Gasteiger partial charge in [0.1, 0.15) is 5.82 Å². The van der Waals surface area contributed by atoms with Gasteiger partial charge in [-0.25, -0.2) is 4.39 Å². The molecule has 0 bridgehead atoms. The SMILES string of the molecule is CN(Cc1nc(-c2ccc(C(C)(C)C)cc2)no1)C(=O)Cc1ccc(F)cc1. The molecule has 1 heterocycles. The smallest absolute Gasteiger partial charge is 0.246 e. The van der Waals surface area contributed by atoms with Crippen molar-refractivity contribution < 1.29 is 13.7 Å². The summed E-state index contributed by atoms with van der Waals surface area (Å²) in [6.07, 6.45) is 0.187. The van der Waals surface area contributed by atoms with E-state index in [0.29, 0.717) is 11.7 Å². The summed E-state index contributed by atoms with van der Waals surface area (Å²) in [6.45, 7) is 6.70. The Morgan fingerprint density at radius 3 is 2.32 bits per heavy atom. The van der Waals surface area contributed by atoms with E-state index in [0.717, 1.165) is 11.1 Å². The molecular weight excluding hydrogens is 357 g/mol. The van der Waals surface area contributed by atoms with Crippen LogP contribution in [0.3, 0.4) is 0 Å². The molecule has 2 aromatic carbocycles. The normalized spacial score (nSPS) is 11.5. The van der Waals surface area contributed by atoms with Gasteiger partial charge in [-0.15, -0.1) is 0 Å². The van der Waals surface area contributed by atoms with Crippen LogP contribution in [0, 0.1) is 5.82 Å². The first-order valence-corrected chi connectivity index (χ1v) is 9.14. The van der Waals surface area contributed by atoms with Crippen molar-refractivity contribution in [2.75, 3.05) is 7.05 Å². The van der Waals surface area contributed by atoms with E-state index in [-0.39, 0.29) is 30.1 Å². The monoisotopic (exact) mass is 381 g/mol. The van der Waals surface area contributed by atoms with Crippen molar-refractivity contribution >= 4 is 5.91 Å². The lowest BCUT2D eigenvalue weighted by molar-refractivity contribution is -0.130. The number of halogens is 1. The Morgan fingerprint density at radius 1 is 1.07 bits per heavy atom. The Balaban J connectivity index is 1.63. The Labute approximate surface area is 164 Å². The summed E-state index contributed by atoms with van der Waals surface area (Å²) in [7, 11) is 1.67. The maximum Gasteiger partial charge on any atom is 0.246 e. The van der Waals surface area contributed by atoms with E-state index in [1.54, 1.807) is 19.2 Å². The highest BCUT2D eigenvalue weighted by atomic mass is 19.1. The van der Waals surface area contributed by atoms with Crippen molar-refractivity contribution in [2.45, 2.75) is 39.2 Å². The molecule has 0 atom stereocenters. The molecule has 28 heavy (non-hydrogen) atoms. The number of amides is 1. The lowest BCUT2D eigenvalue weighted by atomic mass is 9.87. The molecule has 0 spiro atoms. The minimum atomic E-state index is -0.321. The average Bonchev–Trinajstić information content (AvgIpc) is 3.11. The molecule has 1 amide bonds. The molecule has 146 valence electrons. The second kappa shape index (κ2) is 7.92. The standard InChI is InChI=1S/C22H24FN3O2/c1-22(2,3)17-9-7-16(8-10-17)21-24-19(28-25-21)14-26(4)20(27)13-15-5-11-18(23)12-6-15/h5-12H,13-14H2,1-4H3. The number of carbonyl (C=O) groups is 1. The van der Waals surface area contributed by atoms with E-state index in [9.17, 15) is 9.18 Å². The fourth-order valence-electron chi connectivity index (χ4n) is 2.76. The summed E-state index contributed by atoms with van der Waals surface area (Å²) >= 11 is 0. The summed E-state index contributed by atoms with van der Waals surface area (Å²) in [5.41, 5.74) is 2.92. The van der Waals surface area contributed by atoms with Crippen molar-refractivity contribution in [3.05, 3.63) is 71.4 Å². The lowest BCUT2D eigenvalue weighted by Crippen LogP contribution is -2.27. The number of hydrogen-bond acceptors (Lipinski definition) is 4. The van der Waals surface area contributed by atoms with Crippen LogP contribution in [0.4, 0.5) is 4.39 Å². The van der Waals surface area contributed by atoms with Gasteiger partial charge in [-0.2, -0.15) is 4.98 Å². The van der Waals surface area contributed by atoms with Crippen molar-refractivity contribution in [2.24, 2.45) is 0 Å². The summed E-state index contributed by atoms with van der Waals surface area (Å²) in [4.78, 5) is 18.3. The van der Waals surface area contributed by atoms with Crippen LogP contribution in [0.25, 0.3) is 11.4 Å².